The fraction of sp³-hybridized carbons (Fsp3) is 0.195. The highest BCUT2D eigenvalue weighted by Gasteiger charge is 2.73. The van der Waals surface area contributed by atoms with Crippen molar-refractivity contribution >= 4 is 46.6 Å². The van der Waals surface area contributed by atoms with Crippen LogP contribution in [-0.4, -0.2) is 28.7 Å². The number of alkyl halides is 2. The SMILES string of the molecule is Cc1ccc(Oc2ccc(NC(=O)[C@H](Cc3ccccc3)N3C(=O)[C@H]4[C@H](C3=O)C3(Cl)c5ccccc5C4(Cl)c4ccccc43)cc2)cc1C. The molecule has 1 fully saturated rings. The molecule has 0 aromatic heterocycles. The van der Waals surface area contributed by atoms with E-state index >= 15 is 0 Å². The number of carbonyl (C=O) groups excluding carboxylic acids is 3. The fourth-order valence-corrected chi connectivity index (χ4v) is 8.98. The Bertz CT molecular complexity index is 2030. The van der Waals surface area contributed by atoms with Gasteiger partial charge in [-0.15, -0.1) is 23.2 Å². The molecule has 0 saturated carbocycles. The van der Waals surface area contributed by atoms with Gasteiger partial charge in [0.05, 0.1) is 11.8 Å². The van der Waals surface area contributed by atoms with E-state index in [9.17, 15) is 14.4 Å². The molecule has 49 heavy (non-hydrogen) atoms. The van der Waals surface area contributed by atoms with Gasteiger partial charge in [0.15, 0.2) is 0 Å². The molecule has 3 atom stereocenters. The lowest BCUT2D eigenvalue weighted by atomic mass is 9.54. The lowest BCUT2D eigenvalue weighted by molar-refractivity contribution is -0.146. The zero-order valence-electron chi connectivity index (χ0n) is 26.8. The number of rotatable bonds is 7. The van der Waals surface area contributed by atoms with Gasteiger partial charge in [-0.3, -0.25) is 19.3 Å². The Balaban J connectivity index is 1.14. The van der Waals surface area contributed by atoms with Gasteiger partial charge in [0.2, 0.25) is 17.7 Å². The molecule has 3 aliphatic carbocycles. The maximum atomic E-state index is 14.7. The van der Waals surface area contributed by atoms with Gasteiger partial charge in [-0.2, -0.15) is 0 Å². The first-order valence-electron chi connectivity index (χ1n) is 16.3. The van der Waals surface area contributed by atoms with Crippen molar-refractivity contribution in [3.05, 3.63) is 160 Å². The molecule has 1 heterocycles. The second-order valence-corrected chi connectivity index (χ2v) is 14.3. The number of anilines is 1. The topological polar surface area (TPSA) is 75.7 Å². The maximum Gasteiger partial charge on any atom is 0.248 e. The van der Waals surface area contributed by atoms with Crippen molar-refractivity contribution < 1.29 is 19.1 Å². The van der Waals surface area contributed by atoms with Crippen LogP contribution in [0, 0.1) is 25.7 Å². The molecule has 6 nitrogen and oxygen atoms in total. The van der Waals surface area contributed by atoms with Crippen LogP contribution < -0.4 is 10.1 Å². The highest BCUT2D eigenvalue weighted by molar-refractivity contribution is 6.36. The number of aryl methyl sites for hydroxylation is 2. The van der Waals surface area contributed by atoms with Crippen LogP contribution >= 0.6 is 23.2 Å². The number of likely N-dealkylation sites (tertiary alicyclic amines) is 1. The van der Waals surface area contributed by atoms with E-state index in [1.54, 1.807) is 24.3 Å². The van der Waals surface area contributed by atoms with Crippen LogP contribution in [0.4, 0.5) is 5.69 Å². The predicted molar refractivity (Wildman–Crippen MR) is 190 cm³/mol. The van der Waals surface area contributed by atoms with Crippen LogP contribution in [-0.2, 0) is 30.6 Å². The van der Waals surface area contributed by atoms with E-state index < -0.39 is 45.3 Å². The average Bonchev–Trinajstić information content (AvgIpc) is 3.39. The third-order valence-corrected chi connectivity index (χ3v) is 11.6. The third-order valence-electron chi connectivity index (χ3n) is 10.3. The molecule has 0 unspecified atom stereocenters. The zero-order valence-corrected chi connectivity index (χ0v) is 28.3. The van der Waals surface area contributed by atoms with Crippen LogP contribution in [0.5, 0.6) is 11.5 Å². The molecule has 0 spiro atoms. The van der Waals surface area contributed by atoms with Gasteiger partial charge in [-0.1, -0.05) is 84.9 Å². The Morgan fingerprint density at radius 3 is 1.69 bits per heavy atom. The summed E-state index contributed by atoms with van der Waals surface area (Å²) >= 11 is 15.3. The van der Waals surface area contributed by atoms with E-state index in [0.29, 0.717) is 39.4 Å². The summed E-state index contributed by atoms with van der Waals surface area (Å²) in [7, 11) is 0. The van der Waals surface area contributed by atoms with Crippen LogP contribution in [0.3, 0.4) is 0 Å². The molecule has 5 aromatic rings. The first-order valence-corrected chi connectivity index (χ1v) is 17.0. The van der Waals surface area contributed by atoms with Crippen molar-refractivity contribution in [2.75, 3.05) is 5.32 Å². The molecule has 5 aromatic carbocycles. The molecule has 8 heteroatoms. The van der Waals surface area contributed by atoms with E-state index in [-0.39, 0.29) is 6.42 Å². The molecule has 3 amide bonds. The molecule has 1 N–H and O–H groups in total. The number of carbonyl (C=O) groups is 3. The molecule has 244 valence electrons. The predicted octanol–water partition coefficient (Wildman–Crippen LogP) is 8.24. The first kappa shape index (κ1) is 31.4. The Morgan fingerprint density at radius 2 is 1.18 bits per heavy atom. The summed E-state index contributed by atoms with van der Waals surface area (Å²) in [6.07, 6.45) is 0.113. The zero-order chi connectivity index (χ0) is 34.1. The van der Waals surface area contributed by atoms with Gasteiger partial charge in [0, 0.05) is 12.1 Å². The second-order valence-electron chi connectivity index (χ2n) is 13.1. The molecule has 1 aliphatic heterocycles. The largest absolute Gasteiger partial charge is 0.457 e. The van der Waals surface area contributed by atoms with Gasteiger partial charge in [0.25, 0.3) is 0 Å². The summed E-state index contributed by atoms with van der Waals surface area (Å²) in [5, 5.41) is 2.95. The molecule has 9 rings (SSSR count). The van der Waals surface area contributed by atoms with Crippen molar-refractivity contribution in [3.63, 3.8) is 0 Å². The summed E-state index contributed by atoms with van der Waals surface area (Å²) in [5.41, 5.74) is 6.43. The Kier molecular flexibility index (Phi) is 7.43. The second kappa shape index (κ2) is 11.6. The normalized spacial score (nSPS) is 23.8. The van der Waals surface area contributed by atoms with Crippen LogP contribution in [0.1, 0.15) is 38.9 Å². The number of ether oxygens (including phenoxy) is 1. The summed E-state index contributed by atoms with van der Waals surface area (Å²) in [6.45, 7) is 4.07. The average molecular weight is 688 g/mol. The van der Waals surface area contributed by atoms with E-state index in [1.165, 1.54) is 5.56 Å². The highest BCUT2D eigenvalue weighted by Crippen LogP contribution is 2.69. The van der Waals surface area contributed by atoms with Gasteiger partial charge in [-0.05, 0) is 89.2 Å². The minimum absolute atomic E-state index is 0.113. The first-order chi connectivity index (χ1) is 23.6. The molecular formula is C41H32Cl2N2O4. The molecule has 2 bridgehead atoms. The standard InChI is InChI=1S/C41H32Cl2N2O4/c1-24-16-19-29(22-25(24)2)49-28-20-17-27(18-21-28)44-37(46)34(23-26-10-4-3-5-11-26)45-38(47)35-36(39(45)48)41(43)31-13-7-6-12-30(31)40(35,42)32-14-8-9-15-33(32)41/h3-22,34-36H,23H2,1-2H3,(H,44,46)/t34-,35+,36+,40?,41?/m0/s1. The van der Waals surface area contributed by atoms with Crippen molar-refractivity contribution in [2.24, 2.45) is 11.8 Å². The van der Waals surface area contributed by atoms with Crippen molar-refractivity contribution in [2.45, 2.75) is 36.1 Å². The summed E-state index contributed by atoms with van der Waals surface area (Å²) in [6, 6.07) is 36.1. The minimum Gasteiger partial charge on any atom is -0.457 e. The van der Waals surface area contributed by atoms with Crippen molar-refractivity contribution in [1.82, 2.24) is 4.90 Å². The summed E-state index contributed by atoms with van der Waals surface area (Å²) in [5.74, 6) is -2.21. The Labute approximate surface area is 294 Å². The van der Waals surface area contributed by atoms with Crippen LogP contribution in [0.25, 0.3) is 0 Å². The smallest absolute Gasteiger partial charge is 0.248 e. The van der Waals surface area contributed by atoms with E-state index in [4.69, 9.17) is 27.9 Å². The monoisotopic (exact) mass is 686 g/mol. The molecule has 0 radical (unpaired) electrons. The number of hydrogen-bond acceptors (Lipinski definition) is 4. The molecule has 1 saturated heterocycles. The number of amides is 3. The van der Waals surface area contributed by atoms with Crippen molar-refractivity contribution in [1.29, 1.82) is 0 Å². The number of imide groups is 1. The number of halogens is 2. The summed E-state index contributed by atoms with van der Waals surface area (Å²) in [4.78, 5) is 42.2. The van der Waals surface area contributed by atoms with E-state index in [1.807, 2.05) is 111 Å². The highest BCUT2D eigenvalue weighted by atomic mass is 35.5. The summed E-state index contributed by atoms with van der Waals surface area (Å²) < 4.78 is 6.03. The van der Waals surface area contributed by atoms with Gasteiger partial charge in [0.1, 0.15) is 27.3 Å². The van der Waals surface area contributed by atoms with E-state index in [2.05, 4.69) is 5.32 Å². The Hall–Kier alpha value is -4.91. The minimum atomic E-state index is -1.34. The number of hydrogen-bond donors (Lipinski definition) is 1. The number of benzene rings is 5. The van der Waals surface area contributed by atoms with Crippen LogP contribution in [0.15, 0.2) is 121 Å². The number of nitrogens with one attached hydrogen (secondary N) is 1. The Morgan fingerprint density at radius 1 is 0.694 bits per heavy atom. The third kappa shape index (κ3) is 4.72. The molecule has 4 aliphatic rings. The van der Waals surface area contributed by atoms with Gasteiger partial charge in [-0.25, -0.2) is 0 Å². The lowest BCUT2D eigenvalue weighted by Gasteiger charge is -2.54. The quantitative estimate of drug-likeness (QED) is 0.138. The fourth-order valence-electron chi connectivity index (χ4n) is 7.88. The van der Waals surface area contributed by atoms with E-state index in [0.717, 1.165) is 16.0 Å². The number of nitrogens with zero attached hydrogens (tertiary/aromatic N) is 1. The maximum absolute atomic E-state index is 14.7. The van der Waals surface area contributed by atoms with Gasteiger partial charge < -0.3 is 10.1 Å². The lowest BCUT2D eigenvalue weighted by Crippen LogP contribution is -2.57. The van der Waals surface area contributed by atoms with Crippen molar-refractivity contribution in [3.8, 4) is 11.5 Å². The molecular weight excluding hydrogens is 655 g/mol. The van der Waals surface area contributed by atoms with Crippen LogP contribution in [0.2, 0.25) is 0 Å². The van der Waals surface area contributed by atoms with Gasteiger partial charge >= 0.3 is 0 Å².